The van der Waals surface area contributed by atoms with Gasteiger partial charge < -0.3 is 0 Å². The van der Waals surface area contributed by atoms with Crippen molar-refractivity contribution in [3.63, 3.8) is 0 Å². The first-order valence-electron chi connectivity index (χ1n) is 3.88. The summed E-state index contributed by atoms with van der Waals surface area (Å²) in [4.78, 5) is 3.87. The predicted octanol–water partition coefficient (Wildman–Crippen LogP) is 2.17. The van der Waals surface area contributed by atoms with Gasteiger partial charge in [-0.1, -0.05) is 0 Å². The van der Waals surface area contributed by atoms with Crippen LogP contribution >= 0.6 is 27.5 Å². The lowest BCUT2D eigenvalue weighted by atomic mass is 10.3. The van der Waals surface area contributed by atoms with E-state index in [0.29, 0.717) is 4.47 Å². The molecule has 1 rings (SSSR count). The van der Waals surface area contributed by atoms with Crippen molar-refractivity contribution in [1.82, 2.24) is 4.98 Å². The van der Waals surface area contributed by atoms with Gasteiger partial charge in [-0.15, -0.1) is 11.6 Å². The minimum Gasteiger partial charge on any atom is -0.243 e. The topological polar surface area (TPSA) is 47.0 Å². The second-order valence-corrected chi connectivity index (χ2v) is 6.06. The molecule has 0 aliphatic carbocycles. The minimum absolute atomic E-state index is 0.0590. The summed E-state index contributed by atoms with van der Waals surface area (Å²) < 4.78 is 23.7. The Labute approximate surface area is 96.5 Å². The van der Waals surface area contributed by atoms with Crippen molar-refractivity contribution < 1.29 is 8.42 Å². The zero-order valence-corrected chi connectivity index (χ0v) is 10.7. The second kappa shape index (κ2) is 4.59. The van der Waals surface area contributed by atoms with Gasteiger partial charge in [-0.3, -0.25) is 0 Å². The third kappa shape index (κ3) is 2.68. The number of sulfone groups is 1. The predicted molar refractivity (Wildman–Crippen MR) is 59.4 cm³/mol. The Bertz CT molecular complexity index is 433. The summed E-state index contributed by atoms with van der Waals surface area (Å²) in [6, 6.07) is 1.72. The van der Waals surface area contributed by atoms with Gasteiger partial charge in [0.1, 0.15) is 0 Å². The average molecular weight is 299 g/mol. The van der Waals surface area contributed by atoms with Gasteiger partial charge in [0, 0.05) is 12.1 Å². The lowest BCUT2D eigenvalue weighted by molar-refractivity contribution is 0.593. The minimum atomic E-state index is -3.35. The fourth-order valence-electron chi connectivity index (χ4n) is 0.948. The molecule has 0 amide bonds. The van der Waals surface area contributed by atoms with E-state index in [1.54, 1.807) is 6.07 Å². The standard InChI is InChI=1S/C8H9BrClNO2S/c1-6-4-7(9)8(11-5-6)14(12,13)3-2-10/h4-5H,2-3H2,1H3. The van der Waals surface area contributed by atoms with Gasteiger partial charge in [0.2, 0.25) is 0 Å². The van der Waals surface area contributed by atoms with Crippen LogP contribution in [-0.4, -0.2) is 25.0 Å². The number of hydrogen-bond acceptors (Lipinski definition) is 3. The maximum Gasteiger partial charge on any atom is 0.197 e. The molecular weight excluding hydrogens is 290 g/mol. The van der Waals surface area contributed by atoms with Gasteiger partial charge in [-0.25, -0.2) is 13.4 Å². The monoisotopic (exact) mass is 297 g/mol. The lowest BCUT2D eigenvalue weighted by Crippen LogP contribution is -2.10. The van der Waals surface area contributed by atoms with Crippen molar-refractivity contribution in [2.24, 2.45) is 0 Å². The van der Waals surface area contributed by atoms with Crippen LogP contribution < -0.4 is 0 Å². The van der Waals surface area contributed by atoms with Gasteiger partial charge in [-0.2, -0.15) is 0 Å². The summed E-state index contributed by atoms with van der Waals surface area (Å²) in [5.74, 6) is -0.0203. The van der Waals surface area contributed by atoms with Gasteiger partial charge in [0.15, 0.2) is 14.9 Å². The molecule has 0 N–H and O–H groups in total. The molecule has 0 atom stereocenters. The second-order valence-electron chi connectivity index (χ2n) is 2.81. The molecule has 0 saturated carbocycles. The molecule has 1 aromatic rings. The molecule has 3 nitrogen and oxygen atoms in total. The highest BCUT2D eigenvalue weighted by Gasteiger charge is 2.18. The highest BCUT2D eigenvalue weighted by atomic mass is 79.9. The van der Waals surface area contributed by atoms with E-state index in [-0.39, 0.29) is 16.7 Å². The molecule has 0 spiro atoms. The van der Waals surface area contributed by atoms with Crippen LogP contribution in [0, 0.1) is 6.92 Å². The Hall–Kier alpha value is -0.130. The van der Waals surface area contributed by atoms with Crippen LogP contribution in [0.3, 0.4) is 0 Å². The van der Waals surface area contributed by atoms with E-state index < -0.39 is 9.84 Å². The van der Waals surface area contributed by atoms with E-state index in [1.165, 1.54) is 6.20 Å². The highest BCUT2D eigenvalue weighted by molar-refractivity contribution is 9.10. The van der Waals surface area contributed by atoms with Crippen molar-refractivity contribution >= 4 is 37.4 Å². The van der Waals surface area contributed by atoms with E-state index in [4.69, 9.17) is 11.6 Å². The van der Waals surface area contributed by atoms with Gasteiger partial charge in [0.05, 0.1) is 10.2 Å². The van der Waals surface area contributed by atoms with E-state index in [2.05, 4.69) is 20.9 Å². The number of alkyl halides is 1. The first-order chi connectivity index (χ1) is 6.47. The largest absolute Gasteiger partial charge is 0.243 e. The molecule has 1 heterocycles. The van der Waals surface area contributed by atoms with E-state index in [9.17, 15) is 8.42 Å². The van der Waals surface area contributed by atoms with E-state index >= 15 is 0 Å². The van der Waals surface area contributed by atoms with Gasteiger partial charge in [-0.05, 0) is 34.5 Å². The van der Waals surface area contributed by atoms with Crippen LogP contribution in [0.15, 0.2) is 21.8 Å². The van der Waals surface area contributed by atoms with E-state index in [1.807, 2.05) is 6.92 Å². The normalized spacial score (nSPS) is 11.6. The van der Waals surface area contributed by atoms with Crippen molar-refractivity contribution in [3.05, 3.63) is 22.3 Å². The van der Waals surface area contributed by atoms with Gasteiger partial charge >= 0.3 is 0 Å². The molecule has 0 radical (unpaired) electrons. The SMILES string of the molecule is Cc1cnc(S(=O)(=O)CCCl)c(Br)c1. The Kier molecular flexibility index (Phi) is 3.92. The molecule has 1 aromatic heterocycles. The van der Waals surface area contributed by atoms with E-state index in [0.717, 1.165) is 5.56 Å². The Morgan fingerprint density at radius 1 is 1.57 bits per heavy atom. The fourth-order valence-corrected chi connectivity index (χ4v) is 3.73. The van der Waals surface area contributed by atoms with Crippen molar-refractivity contribution in [3.8, 4) is 0 Å². The molecule has 6 heteroatoms. The number of pyridine rings is 1. The van der Waals surface area contributed by atoms with Crippen molar-refractivity contribution in [2.45, 2.75) is 11.9 Å². The van der Waals surface area contributed by atoms with Crippen molar-refractivity contribution in [2.75, 3.05) is 11.6 Å². The summed E-state index contributed by atoms with van der Waals surface area (Å²) in [6.45, 7) is 1.84. The highest BCUT2D eigenvalue weighted by Crippen LogP contribution is 2.21. The number of hydrogen-bond donors (Lipinski definition) is 0. The number of rotatable bonds is 3. The number of halogens is 2. The van der Waals surface area contributed by atoms with Crippen LogP contribution in [0.2, 0.25) is 0 Å². The quantitative estimate of drug-likeness (QED) is 0.804. The average Bonchev–Trinajstić information content (AvgIpc) is 2.02. The maximum absolute atomic E-state index is 11.6. The molecule has 78 valence electrons. The lowest BCUT2D eigenvalue weighted by Gasteiger charge is -2.04. The Morgan fingerprint density at radius 2 is 2.21 bits per heavy atom. The zero-order valence-electron chi connectivity index (χ0n) is 7.50. The summed E-state index contributed by atoms with van der Waals surface area (Å²) in [5.41, 5.74) is 0.904. The fraction of sp³-hybridized carbons (Fsp3) is 0.375. The third-order valence-electron chi connectivity index (χ3n) is 1.58. The maximum atomic E-state index is 11.6. The van der Waals surface area contributed by atoms with Crippen LogP contribution in [0.4, 0.5) is 0 Å². The van der Waals surface area contributed by atoms with Crippen LogP contribution in [0.1, 0.15) is 5.56 Å². The first kappa shape index (κ1) is 11.9. The summed E-state index contributed by atoms with van der Waals surface area (Å²) in [5, 5.41) is 0.0590. The third-order valence-corrected chi connectivity index (χ3v) is 4.52. The molecule has 0 aliphatic heterocycles. The number of aryl methyl sites for hydroxylation is 1. The first-order valence-corrected chi connectivity index (χ1v) is 6.86. The van der Waals surface area contributed by atoms with Crippen LogP contribution in [0.5, 0.6) is 0 Å². The summed E-state index contributed by atoms with van der Waals surface area (Å²) in [7, 11) is -3.35. The smallest absolute Gasteiger partial charge is 0.197 e. The molecule has 0 aromatic carbocycles. The molecular formula is C8H9BrClNO2S. The molecule has 0 saturated heterocycles. The Morgan fingerprint density at radius 3 is 2.71 bits per heavy atom. The summed E-state index contributed by atoms with van der Waals surface area (Å²) in [6.07, 6.45) is 1.52. The van der Waals surface area contributed by atoms with Crippen LogP contribution in [0.25, 0.3) is 0 Å². The molecule has 0 bridgehead atoms. The Balaban J connectivity index is 3.20. The van der Waals surface area contributed by atoms with Crippen molar-refractivity contribution in [1.29, 1.82) is 0 Å². The molecule has 0 aliphatic rings. The molecule has 14 heavy (non-hydrogen) atoms. The molecule has 0 fully saturated rings. The molecule has 0 unspecified atom stereocenters. The zero-order chi connectivity index (χ0) is 10.8. The number of nitrogens with zero attached hydrogens (tertiary/aromatic N) is 1. The van der Waals surface area contributed by atoms with Crippen LogP contribution in [-0.2, 0) is 9.84 Å². The number of aromatic nitrogens is 1. The summed E-state index contributed by atoms with van der Waals surface area (Å²) >= 11 is 8.57. The van der Waals surface area contributed by atoms with Gasteiger partial charge in [0.25, 0.3) is 0 Å².